The van der Waals surface area contributed by atoms with E-state index in [-0.39, 0.29) is 11.8 Å². The number of anilines is 1. The van der Waals surface area contributed by atoms with Crippen LogP contribution in [0, 0.1) is 6.92 Å². The first kappa shape index (κ1) is 18.2. The number of fused-ring (bicyclic) bond motifs is 1. The molecular formula is C20H20N6OS. The van der Waals surface area contributed by atoms with E-state index in [1.54, 1.807) is 4.68 Å². The number of benzene rings is 1. The SMILES string of the molecule is Cc1nn(C)c2nc(-c3ccccc3)cc(C(=O)Nc3nnc(C(C)C)s3)c12. The summed E-state index contributed by atoms with van der Waals surface area (Å²) in [6.07, 6.45) is 0. The molecule has 3 heterocycles. The quantitative estimate of drug-likeness (QED) is 0.563. The number of hydrogen-bond acceptors (Lipinski definition) is 6. The fourth-order valence-electron chi connectivity index (χ4n) is 3.06. The van der Waals surface area contributed by atoms with Crippen LogP contribution in [-0.2, 0) is 7.05 Å². The van der Waals surface area contributed by atoms with Gasteiger partial charge in [0, 0.05) is 18.5 Å². The molecule has 7 nitrogen and oxygen atoms in total. The summed E-state index contributed by atoms with van der Waals surface area (Å²) < 4.78 is 1.70. The van der Waals surface area contributed by atoms with Gasteiger partial charge in [-0.3, -0.25) is 14.8 Å². The first-order chi connectivity index (χ1) is 13.4. The van der Waals surface area contributed by atoms with Crippen molar-refractivity contribution in [2.45, 2.75) is 26.7 Å². The molecule has 0 spiro atoms. The summed E-state index contributed by atoms with van der Waals surface area (Å²) in [4.78, 5) is 17.9. The lowest BCUT2D eigenvalue weighted by molar-refractivity contribution is 0.102. The van der Waals surface area contributed by atoms with Crippen molar-refractivity contribution in [3.05, 3.63) is 52.7 Å². The zero-order valence-corrected chi connectivity index (χ0v) is 16.9. The van der Waals surface area contributed by atoms with E-state index in [4.69, 9.17) is 4.98 Å². The minimum absolute atomic E-state index is 0.243. The number of hydrogen-bond donors (Lipinski definition) is 1. The standard InChI is InChI=1S/C20H20N6OS/c1-11(2)19-23-24-20(28-19)22-18(27)14-10-15(13-8-6-5-7-9-13)21-17-16(14)12(3)25-26(17)4/h5-11H,1-4H3,(H,22,24,27). The van der Waals surface area contributed by atoms with Gasteiger partial charge in [-0.25, -0.2) is 4.98 Å². The largest absolute Gasteiger partial charge is 0.296 e. The lowest BCUT2D eigenvalue weighted by Crippen LogP contribution is -2.13. The third-order valence-corrected chi connectivity index (χ3v) is 5.58. The zero-order chi connectivity index (χ0) is 19.8. The number of rotatable bonds is 4. The molecule has 0 fully saturated rings. The molecule has 0 saturated heterocycles. The van der Waals surface area contributed by atoms with Gasteiger partial charge < -0.3 is 0 Å². The number of nitrogens with zero attached hydrogens (tertiary/aromatic N) is 5. The molecule has 0 bridgehead atoms. The van der Waals surface area contributed by atoms with Crippen molar-refractivity contribution in [2.24, 2.45) is 7.05 Å². The highest BCUT2D eigenvalue weighted by molar-refractivity contribution is 7.15. The van der Waals surface area contributed by atoms with Gasteiger partial charge in [0.05, 0.1) is 22.3 Å². The number of aryl methyl sites for hydroxylation is 2. The second-order valence-electron chi connectivity index (χ2n) is 6.88. The van der Waals surface area contributed by atoms with Crippen LogP contribution in [0.25, 0.3) is 22.3 Å². The molecular weight excluding hydrogens is 372 g/mol. The summed E-state index contributed by atoms with van der Waals surface area (Å²) in [5.74, 6) is 0.0215. The first-order valence-corrected chi connectivity index (χ1v) is 9.80. The van der Waals surface area contributed by atoms with Gasteiger partial charge in [-0.15, -0.1) is 10.2 Å². The summed E-state index contributed by atoms with van der Waals surface area (Å²) in [6, 6.07) is 11.6. The predicted molar refractivity (Wildman–Crippen MR) is 111 cm³/mol. The predicted octanol–water partition coefficient (Wildman–Crippen LogP) is 4.17. The summed E-state index contributed by atoms with van der Waals surface area (Å²) in [6.45, 7) is 5.97. The molecule has 4 rings (SSSR count). The molecule has 4 aromatic rings. The Balaban J connectivity index is 1.81. The second kappa shape index (κ2) is 7.12. The molecule has 8 heteroatoms. The Kier molecular flexibility index (Phi) is 4.64. The average molecular weight is 392 g/mol. The highest BCUT2D eigenvalue weighted by Crippen LogP contribution is 2.28. The Bertz CT molecular complexity index is 1160. The number of pyridine rings is 1. The molecule has 1 N–H and O–H groups in total. The van der Waals surface area contributed by atoms with Crippen LogP contribution in [0.5, 0.6) is 0 Å². The van der Waals surface area contributed by atoms with Crippen LogP contribution < -0.4 is 5.32 Å². The highest BCUT2D eigenvalue weighted by Gasteiger charge is 2.20. The maximum atomic E-state index is 13.1. The summed E-state index contributed by atoms with van der Waals surface area (Å²) >= 11 is 1.39. The van der Waals surface area contributed by atoms with Gasteiger partial charge in [0.1, 0.15) is 5.01 Å². The van der Waals surface area contributed by atoms with Crippen LogP contribution in [0.1, 0.15) is 40.8 Å². The maximum absolute atomic E-state index is 13.1. The van der Waals surface area contributed by atoms with Gasteiger partial charge in [-0.2, -0.15) is 5.10 Å². The number of carbonyl (C=O) groups excluding carboxylic acids is 1. The Hall–Kier alpha value is -3.13. The normalized spacial score (nSPS) is 11.3. The van der Waals surface area contributed by atoms with Gasteiger partial charge in [0.2, 0.25) is 5.13 Å². The van der Waals surface area contributed by atoms with Crippen molar-refractivity contribution in [1.29, 1.82) is 0 Å². The lowest BCUT2D eigenvalue weighted by atomic mass is 10.1. The topological polar surface area (TPSA) is 85.6 Å². The number of amides is 1. The molecule has 142 valence electrons. The fraction of sp³-hybridized carbons (Fsp3) is 0.250. The summed E-state index contributed by atoms with van der Waals surface area (Å²) in [7, 11) is 1.83. The Labute approximate surface area is 166 Å². The Morgan fingerprint density at radius 2 is 1.93 bits per heavy atom. The number of carbonyl (C=O) groups is 1. The smallest absolute Gasteiger partial charge is 0.258 e. The molecule has 1 aromatic carbocycles. The molecule has 0 aliphatic carbocycles. The van der Waals surface area contributed by atoms with Crippen molar-refractivity contribution in [1.82, 2.24) is 25.0 Å². The van der Waals surface area contributed by atoms with Crippen molar-refractivity contribution in [3.63, 3.8) is 0 Å². The first-order valence-electron chi connectivity index (χ1n) is 8.98. The van der Waals surface area contributed by atoms with Crippen LogP contribution in [0.3, 0.4) is 0 Å². The minimum Gasteiger partial charge on any atom is -0.296 e. The molecule has 0 aliphatic rings. The molecule has 28 heavy (non-hydrogen) atoms. The third kappa shape index (κ3) is 3.27. The van der Waals surface area contributed by atoms with Crippen molar-refractivity contribution >= 4 is 33.4 Å². The van der Waals surface area contributed by atoms with Crippen LogP contribution in [0.15, 0.2) is 36.4 Å². The number of nitrogens with one attached hydrogen (secondary N) is 1. The maximum Gasteiger partial charge on any atom is 0.258 e. The van der Waals surface area contributed by atoms with E-state index in [1.807, 2.05) is 64.2 Å². The zero-order valence-electron chi connectivity index (χ0n) is 16.1. The van der Waals surface area contributed by atoms with E-state index >= 15 is 0 Å². The van der Waals surface area contributed by atoms with E-state index < -0.39 is 0 Å². The van der Waals surface area contributed by atoms with Gasteiger partial charge in [-0.1, -0.05) is 55.5 Å². The molecule has 3 aromatic heterocycles. The van der Waals surface area contributed by atoms with Crippen molar-refractivity contribution < 1.29 is 4.79 Å². The molecule has 1 amide bonds. The van der Waals surface area contributed by atoms with E-state index in [0.29, 0.717) is 16.3 Å². The van der Waals surface area contributed by atoms with Crippen LogP contribution >= 0.6 is 11.3 Å². The Morgan fingerprint density at radius 1 is 1.18 bits per heavy atom. The van der Waals surface area contributed by atoms with Gasteiger partial charge >= 0.3 is 0 Å². The molecule has 0 unspecified atom stereocenters. The van der Waals surface area contributed by atoms with Crippen LogP contribution in [0.4, 0.5) is 5.13 Å². The van der Waals surface area contributed by atoms with Crippen molar-refractivity contribution in [3.8, 4) is 11.3 Å². The second-order valence-corrected chi connectivity index (χ2v) is 7.89. The highest BCUT2D eigenvalue weighted by atomic mass is 32.1. The molecule has 0 atom stereocenters. The molecule has 0 radical (unpaired) electrons. The van der Waals surface area contributed by atoms with Crippen LogP contribution in [-0.4, -0.2) is 30.9 Å². The average Bonchev–Trinajstić information content (AvgIpc) is 3.26. The summed E-state index contributed by atoms with van der Waals surface area (Å²) in [5.41, 5.74) is 3.62. The molecule has 0 saturated carbocycles. The number of aromatic nitrogens is 5. The minimum atomic E-state index is -0.243. The van der Waals surface area contributed by atoms with E-state index in [0.717, 1.165) is 27.3 Å². The van der Waals surface area contributed by atoms with Gasteiger partial charge in [0.15, 0.2) is 5.65 Å². The van der Waals surface area contributed by atoms with E-state index in [1.165, 1.54) is 11.3 Å². The fourth-order valence-corrected chi connectivity index (χ4v) is 3.80. The van der Waals surface area contributed by atoms with Crippen molar-refractivity contribution in [2.75, 3.05) is 5.32 Å². The lowest BCUT2D eigenvalue weighted by Gasteiger charge is -2.08. The third-order valence-electron chi connectivity index (χ3n) is 4.44. The monoisotopic (exact) mass is 392 g/mol. The van der Waals surface area contributed by atoms with Gasteiger partial charge in [-0.05, 0) is 13.0 Å². The van der Waals surface area contributed by atoms with E-state index in [9.17, 15) is 4.79 Å². The molecule has 0 aliphatic heterocycles. The summed E-state index contributed by atoms with van der Waals surface area (Å²) in [5, 5.41) is 17.7. The van der Waals surface area contributed by atoms with E-state index in [2.05, 4.69) is 20.6 Å². The Morgan fingerprint density at radius 3 is 2.61 bits per heavy atom. The van der Waals surface area contributed by atoms with Crippen LogP contribution in [0.2, 0.25) is 0 Å². The van der Waals surface area contributed by atoms with Gasteiger partial charge in [0.25, 0.3) is 5.91 Å².